The van der Waals surface area contributed by atoms with Gasteiger partial charge in [-0.25, -0.2) is 4.79 Å². The number of hydrogen-bond acceptors (Lipinski definition) is 3. The second kappa shape index (κ2) is 7.09. The highest BCUT2D eigenvalue weighted by molar-refractivity contribution is 6.30. The summed E-state index contributed by atoms with van der Waals surface area (Å²) in [6, 6.07) is 13.7. The number of nitrogens with zero attached hydrogens (tertiary/aromatic N) is 1. The van der Waals surface area contributed by atoms with Crippen LogP contribution in [0.25, 0.3) is 0 Å². The van der Waals surface area contributed by atoms with Crippen LogP contribution in [0.2, 0.25) is 5.02 Å². The minimum atomic E-state index is -0.423. The van der Waals surface area contributed by atoms with Gasteiger partial charge in [-0.1, -0.05) is 23.7 Å². The van der Waals surface area contributed by atoms with E-state index < -0.39 is 5.97 Å². The monoisotopic (exact) mass is 317 g/mol. The number of hydrogen-bond donors (Lipinski definition) is 0. The molecule has 0 aliphatic rings. The molecule has 2 aromatic rings. The first-order valence-corrected chi connectivity index (χ1v) is 7.07. The Labute approximate surface area is 134 Å². The maximum Gasteiger partial charge on any atom is 0.337 e. The molecule has 4 nitrogen and oxygen atoms in total. The van der Waals surface area contributed by atoms with Gasteiger partial charge in [0.1, 0.15) is 0 Å². The van der Waals surface area contributed by atoms with Gasteiger partial charge in [0.2, 0.25) is 0 Å². The highest BCUT2D eigenvalue weighted by atomic mass is 35.5. The number of rotatable bonds is 4. The van der Waals surface area contributed by atoms with Gasteiger partial charge >= 0.3 is 5.97 Å². The van der Waals surface area contributed by atoms with Gasteiger partial charge in [-0.15, -0.1) is 0 Å². The third-order valence-electron chi connectivity index (χ3n) is 3.23. The first-order chi connectivity index (χ1) is 10.5. The molecule has 0 heterocycles. The van der Waals surface area contributed by atoms with E-state index >= 15 is 0 Å². The predicted octanol–water partition coefficient (Wildman–Crippen LogP) is 3.40. The van der Waals surface area contributed by atoms with E-state index in [9.17, 15) is 9.59 Å². The van der Waals surface area contributed by atoms with Crippen LogP contribution in [0, 0.1) is 0 Å². The number of methoxy groups -OCH3 is 1. The number of benzene rings is 2. The Kier molecular flexibility index (Phi) is 5.17. The van der Waals surface area contributed by atoms with E-state index in [4.69, 9.17) is 11.6 Å². The van der Waals surface area contributed by atoms with E-state index in [1.807, 2.05) is 12.1 Å². The Morgan fingerprint density at radius 2 is 1.55 bits per heavy atom. The van der Waals surface area contributed by atoms with Crippen molar-refractivity contribution in [2.24, 2.45) is 0 Å². The van der Waals surface area contributed by atoms with Crippen molar-refractivity contribution in [1.29, 1.82) is 0 Å². The largest absolute Gasteiger partial charge is 0.465 e. The van der Waals surface area contributed by atoms with Crippen LogP contribution in [0.1, 0.15) is 26.3 Å². The van der Waals surface area contributed by atoms with Crippen LogP contribution >= 0.6 is 11.6 Å². The summed E-state index contributed by atoms with van der Waals surface area (Å²) >= 11 is 5.84. The number of esters is 1. The van der Waals surface area contributed by atoms with Crippen molar-refractivity contribution in [2.45, 2.75) is 6.54 Å². The first kappa shape index (κ1) is 16.0. The fraction of sp³-hybridized carbons (Fsp3) is 0.176. The number of ether oxygens (including phenoxy) is 1. The maximum absolute atomic E-state index is 12.4. The van der Waals surface area contributed by atoms with Crippen LogP contribution in [0.3, 0.4) is 0 Å². The van der Waals surface area contributed by atoms with E-state index in [1.54, 1.807) is 48.3 Å². The molecule has 0 N–H and O–H groups in total. The molecule has 0 aromatic heterocycles. The molecule has 0 saturated heterocycles. The van der Waals surface area contributed by atoms with E-state index in [2.05, 4.69) is 4.74 Å². The van der Waals surface area contributed by atoms with Crippen molar-refractivity contribution < 1.29 is 14.3 Å². The standard InChI is InChI=1S/C17H16ClNO3/c1-19(11-12-3-9-15(18)10-4-12)16(20)13-5-7-14(8-6-13)17(21)22-2/h3-10H,11H2,1-2H3. The minimum Gasteiger partial charge on any atom is -0.465 e. The number of halogens is 1. The molecular formula is C17H16ClNO3. The zero-order valence-electron chi connectivity index (χ0n) is 12.4. The zero-order chi connectivity index (χ0) is 16.1. The van der Waals surface area contributed by atoms with E-state index in [-0.39, 0.29) is 5.91 Å². The Hall–Kier alpha value is -2.33. The maximum atomic E-state index is 12.4. The van der Waals surface area contributed by atoms with Gasteiger partial charge in [0.05, 0.1) is 12.7 Å². The van der Waals surface area contributed by atoms with Gasteiger partial charge in [-0.2, -0.15) is 0 Å². The lowest BCUT2D eigenvalue weighted by Crippen LogP contribution is -2.26. The highest BCUT2D eigenvalue weighted by Crippen LogP contribution is 2.13. The summed E-state index contributed by atoms with van der Waals surface area (Å²) in [5.41, 5.74) is 1.93. The first-order valence-electron chi connectivity index (χ1n) is 6.69. The summed E-state index contributed by atoms with van der Waals surface area (Å²) in [6.45, 7) is 0.481. The van der Waals surface area contributed by atoms with Gasteiger partial charge in [-0.3, -0.25) is 4.79 Å². The molecule has 1 amide bonds. The molecule has 0 aliphatic carbocycles. The van der Waals surface area contributed by atoms with Gasteiger partial charge in [0.25, 0.3) is 5.91 Å². The van der Waals surface area contributed by atoms with Crippen LogP contribution in [-0.4, -0.2) is 30.9 Å². The Bertz CT molecular complexity index is 665. The van der Waals surface area contributed by atoms with Crippen LogP contribution in [0.5, 0.6) is 0 Å². The third kappa shape index (κ3) is 3.86. The van der Waals surface area contributed by atoms with Crippen LogP contribution in [-0.2, 0) is 11.3 Å². The van der Waals surface area contributed by atoms with Crippen molar-refractivity contribution >= 4 is 23.5 Å². The summed E-state index contributed by atoms with van der Waals surface area (Å²) < 4.78 is 4.63. The number of amides is 1. The Balaban J connectivity index is 2.06. The topological polar surface area (TPSA) is 46.6 Å². The van der Waals surface area contributed by atoms with Crippen LogP contribution in [0.15, 0.2) is 48.5 Å². The van der Waals surface area contributed by atoms with Crippen LogP contribution in [0.4, 0.5) is 0 Å². The molecule has 0 aliphatic heterocycles. The second-order valence-corrected chi connectivity index (χ2v) is 5.29. The summed E-state index contributed by atoms with van der Waals surface area (Å²) in [4.78, 5) is 25.3. The van der Waals surface area contributed by atoms with Gasteiger partial charge in [0, 0.05) is 24.2 Å². The third-order valence-corrected chi connectivity index (χ3v) is 3.48. The molecule has 0 unspecified atom stereocenters. The smallest absolute Gasteiger partial charge is 0.337 e. The van der Waals surface area contributed by atoms with Gasteiger partial charge < -0.3 is 9.64 Å². The lowest BCUT2D eigenvalue weighted by Gasteiger charge is -2.17. The molecule has 2 rings (SSSR count). The number of carbonyl (C=O) groups is 2. The molecule has 0 fully saturated rings. The highest BCUT2D eigenvalue weighted by Gasteiger charge is 2.13. The molecule has 0 radical (unpaired) electrons. The molecule has 22 heavy (non-hydrogen) atoms. The fourth-order valence-corrected chi connectivity index (χ4v) is 2.15. The lowest BCUT2D eigenvalue weighted by molar-refractivity contribution is 0.0600. The second-order valence-electron chi connectivity index (χ2n) is 4.86. The zero-order valence-corrected chi connectivity index (χ0v) is 13.1. The van der Waals surface area contributed by atoms with Gasteiger partial charge in [-0.05, 0) is 42.0 Å². The van der Waals surface area contributed by atoms with E-state index in [0.717, 1.165) is 5.56 Å². The average molecular weight is 318 g/mol. The molecule has 0 spiro atoms. The average Bonchev–Trinajstić information content (AvgIpc) is 2.55. The summed E-state index contributed by atoms with van der Waals surface area (Å²) in [7, 11) is 3.05. The summed E-state index contributed by atoms with van der Waals surface area (Å²) in [6.07, 6.45) is 0. The summed E-state index contributed by atoms with van der Waals surface area (Å²) in [5.74, 6) is -0.542. The number of carbonyl (C=O) groups excluding carboxylic acids is 2. The van der Waals surface area contributed by atoms with Crippen molar-refractivity contribution in [2.75, 3.05) is 14.2 Å². The molecular weight excluding hydrogens is 302 g/mol. The fourth-order valence-electron chi connectivity index (χ4n) is 2.02. The Morgan fingerprint density at radius 3 is 2.09 bits per heavy atom. The molecule has 0 bridgehead atoms. The van der Waals surface area contributed by atoms with Crippen molar-refractivity contribution in [3.05, 3.63) is 70.2 Å². The van der Waals surface area contributed by atoms with Crippen LogP contribution < -0.4 is 0 Å². The molecule has 2 aromatic carbocycles. The SMILES string of the molecule is COC(=O)c1ccc(C(=O)N(C)Cc2ccc(Cl)cc2)cc1. The normalized spacial score (nSPS) is 10.1. The molecule has 0 atom stereocenters. The van der Waals surface area contributed by atoms with Gasteiger partial charge in [0.15, 0.2) is 0 Å². The van der Waals surface area contributed by atoms with Crippen molar-refractivity contribution in [3.63, 3.8) is 0 Å². The lowest BCUT2D eigenvalue weighted by atomic mass is 10.1. The minimum absolute atomic E-state index is 0.119. The molecule has 0 saturated carbocycles. The van der Waals surface area contributed by atoms with Crippen molar-refractivity contribution in [1.82, 2.24) is 4.90 Å². The predicted molar refractivity (Wildman–Crippen MR) is 85.0 cm³/mol. The van der Waals surface area contributed by atoms with E-state index in [0.29, 0.717) is 22.7 Å². The van der Waals surface area contributed by atoms with Crippen molar-refractivity contribution in [3.8, 4) is 0 Å². The molecule has 114 valence electrons. The molecule has 5 heteroatoms. The summed E-state index contributed by atoms with van der Waals surface area (Å²) in [5, 5.41) is 0.663. The van der Waals surface area contributed by atoms with E-state index in [1.165, 1.54) is 7.11 Å². The quantitative estimate of drug-likeness (QED) is 0.812. The Morgan fingerprint density at radius 1 is 1.00 bits per heavy atom.